The molecular weight excluding hydrogens is 529 g/mol. The number of fused-ring (bicyclic) bond motifs is 1. The zero-order valence-corrected chi connectivity index (χ0v) is 20.7. The van der Waals surface area contributed by atoms with Crippen LogP contribution in [0.15, 0.2) is 76.4 Å². The molecule has 3 aromatic carbocycles. The molecule has 36 heavy (non-hydrogen) atoms. The number of aliphatic hydroxyl groups excluding tert-OH is 1. The van der Waals surface area contributed by atoms with Crippen LogP contribution in [-0.2, 0) is 4.79 Å². The number of rotatable bonds is 5. The molecule has 7 nitrogen and oxygen atoms in total. The highest BCUT2D eigenvalue weighted by Crippen LogP contribution is 2.44. The first-order valence-electron chi connectivity index (χ1n) is 10.5. The molecule has 1 aliphatic heterocycles. The summed E-state index contributed by atoms with van der Waals surface area (Å²) >= 11 is 18.5. The van der Waals surface area contributed by atoms with Crippen LogP contribution in [0.25, 0.3) is 11.0 Å². The predicted molar refractivity (Wildman–Crippen MR) is 137 cm³/mol. The molecule has 4 aromatic rings. The van der Waals surface area contributed by atoms with Crippen LogP contribution in [0.2, 0.25) is 15.1 Å². The molecule has 1 aromatic heterocycles. The number of aromatic hydroxyl groups is 1. The van der Waals surface area contributed by atoms with Crippen molar-refractivity contribution in [2.45, 2.75) is 6.04 Å². The number of phenolic OH excluding ortho intramolecular Hbond substituents is 1. The monoisotopic (exact) mass is 543 g/mol. The molecule has 1 atom stereocenters. The number of furan rings is 1. The summed E-state index contributed by atoms with van der Waals surface area (Å²) in [5.74, 6) is -2.12. The number of Topliss-reactive ketones (excluding diaryl/α,β-unsaturated/α-hetero) is 1. The molecule has 0 saturated carbocycles. The summed E-state index contributed by atoms with van der Waals surface area (Å²) in [5.41, 5.74) is 0.782. The number of benzene rings is 3. The van der Waals surface area contributed by atoms with Gasteiger partial charge in [-0.05, 0) is 48.0 Å². The van der Waals surface area contributed by atoms with Crippen molar-refractivity contribution in [3.63, 3.8) is 0 Å². The number of amides is 1. The van der Waals surface area contributed by atoms with Gasteiger partial charge in [0.15, 0.2) is 22.9 Å². The van der Waals surface area contributed by atoms with Gasteiger partial charge in [-0.2, -0.15) is 0 Å². The number of anilines is 1. The van der Waals surface area contributed by atoms with Crippen LogP contribution >= 0.6 is 34.8 Å². The summed E-state index contributed by atoms with van der Waals surface area (Å²) in [6.07, 6.45) is 0. The average Bonchev–Trinajstić information content (AvgIpc) is 3.37. The molecule has 182 valence electrons. The van der Waals surface area contributed by atoms with Gasteiger partial charge in [0.05, 0.1) is 18.7 Å². The van der Waals surface area contributed by atoms with E-state index in [1.54, 1.807) is 24.3 Å². The minimum Gasteiger partial charge on any atom is -0.508 e. The third kappa shape index (κ3) is 4.05. The van der Waals surface area contributed by atoms with Crippen molar-refractivity contribution in [3.8, 4) is 11.5 Å². The lowest BCUT2D eigenvalue weighted by Crippen LogP contribution is -2.31. The lowest BCUT2D eigenvalue weighted by atomic mass is 9.94. The Bertz CT molecular complexity index is 1550. The molecule has 1 unspecified atom stereocenters. The van der Waals surface area contributed by atoms with E-state index >= 15 is 0 Å². The molecule has 0 radical (unpaired) electrons. The van der Waals surface area contributed by atoms with Gasteiger partial charge in [0, 0.05) is 32.2 Å². The number of carbonyl (C=O) groups is 2. The standard InChI is InChI=1S/C26H16Cl3NO6/c1-35-20-11-14(27)6-13-7-19(36-25(13)20)23(32)21-22(12-2-4-18(31)5-3-12)30(26(34)24(21)33)17-9-15(28)8-16(29)10-17/h2-11,22,31,33H,1H3. The van der Waals surface area contributed by atoms with Crippen LogP contribution in [0.4, 0.5) is 5.69 Å². The number of ether oxygens (including phenoxy) is 1. The topological polar surface area (TPSA) is 100 Å². The Balaban J connectivity index is 1.68. The number of carbonyl (C=O) groups excluding carboxylic acids is 2. The van der Waals surface area contributed by atoms with Crippen LogP contribution in [0, 0.1) is 0 Å². The summed E-state index contributed by atoms with van der Waals surface area (Å²) in [6, 6.07) is 13.9. The molecule has 2 N–H and O–H groups in total. The third-order valence-corrected chi connectivity index (χ3v) is 6.43. The van der Waals surface area contributed by atoms with Crippen LogP contribution < -0.4 is 9.64 Å². The largest absolute Gasteiger partial charge is 0.508 e. The van der Waals surface area contributed by atoms with E-state index < -0.39 is 23.5 Å². The summed E-state index contributed by atoms with van der Waals surface area (Å²) in [5, 5.41) is 22.1. The normalized spacial score (nSPS) is 15.7. The van der Waals surface area contributed by atoms with E-state index in [1.165, 1.54) is 48.4 Å². The van der Waals surface area contributed by atoms with Crippen molar-refractivity contribution in [2.75, 3.05) is 12.0 Å². The van der Waals surface area contributed by atoms with Gasteiger partial charge in [-0.3, -0.25) is 14.5 Å². The van der Waals surface area contributed by atoms with Crippen molar-refractivity contribution >= 4 is 63.1 Å². The highest BCUT2D eigenvalue weighted by atomic mass is 35.5. The van der Waals surface area contributed by atoms with E-state index in [2.05, 4.69) is 0 Å². The molecule has 0 aliphatic carbocycles. The minimum absolute atomic E-state index is 0.0113. The maximum absolute atomic E-state index is 13.8. The minimum atomic E-state index is -1.07. The Hall–Kier alpha value is -3.65. The molecule has 0 saturated heterocycles. The molecule has 0 spiro atoms. The number of methoxy groups -OCH3 is 1. The number of halogens is 3. The zero-order chi connectivity index (χ0) is 25.7. The first-order valence-corrected chi connectivity index (χ1v) is 11.6. The number of hydrogen-bond acceptors (Lipinski definition) is 6. The third-order valence-electron chi connectivity index (χ3n) is 5.78. The Kier molecular flexibility index (Phi) is 6.08. The van der Waals surface area contributed by atoms with Crippen molar-refractivity contribution in [2.24, 2.45) is 0 Å². The van der Waals surface area contributed by atoms with E-state index in [0.717, 1.165) is 0 Å². The number of aliphatic hydroxyl groups is 1. The highest BCUT2D eigenvalue weighted by Gasteiger charge is 2.45. The lowest BCUT2D eigenvalue weighted by molar-refractivity contribution is -0.117. The van der Waals surface area contributed by atoms with Crippen molar-refractivity contribution in [1.82, 2.24) is 0 Å². The second-order valence-electron chi connectivity index (χ2n) is 8.03. The smallest absolute Gasteiger partial charge is 0.294 e. The van der Waals surface area contributed by atoms with Crippen molar-refractivity contribution in [1.29, 1.82) is 0 Å². The van der Waals surface area contributed by atoms with E-state index in [9.17, 15) is 19.8 Å². The maximum atomic E-state index is 13.8. The first-order chi connectivity index (χ1) is 17.2. The van der Waals surface area contributed by atoms with Gasteiger partial charge in [0.2, 0.25) is 5.78 Å². The van der Waals surface area contributed by atoms with Crippen LogP contribution in [0.1, 0.15) is 22.2 Å². The molecule has 0 bridgehead atoms. The molecule has 10 heteroatoms. The fraction of sp³-hybridized carbons (Fsp3) is 0.0769. The summed E-state index contributed by atoms with van der Waals surface area (Å²) in [7, 11) is 1.44. The van der Waals surface area contributed by atoms with Crippen molar-refractivity contribution < 1.29 is 29.0 Å². The zero-order valence-electron chi connectivity index (χ0n) is 18.5. The second-order valence-corrected chi connectivity index (χ2v) is 9.33. The molecule has 0 fully saturated rings. The average molecular weight is 545 g/mol. The van der Waals surface area contributed by atoms with Gasteiger partial charge in [-0.25, -0.2) is 0 Å². The number of ketones is 1. The fourth-order valence-electron chi connectivity index (χ4n) is 4.24. The van der Waals surface area contributed by atoms with Crippen molar-refractivity contribution in [3.05, 3.63) is 98.4 Å². The Morgan fingerprint density at radius 1 is 0.944 bits per heavy atom. The van der Waals surface area contributed by atoms with E-state index in [4.69, 9.17) is 44.0 Å². The Morgan fingerprint density at radius 3 is 2.22 bits per heavy atom. The Morgan fingerprint density at radius 2 is 1.58 bits per heavy atom. The predicted octanol–water partition coefficient (Wildman–Crippen LogP) is 6.89. The molecule has 2 heterocycles. The number of phenols is 1. The summed E-state index contributed by atoms with van der Waals surface area (Å²) < 4.78 is 11.1. The summed E-state index contributed by atoms with van der Waals surface area (Å²) in [6.45, 7) is 0. The van der Waals surface area contributed by atoms with Gasteiger partial charge in [-0.1, -0.05) is 46.9 Å². The van der Waals surface area contributed by atoms with E-state index in [-0.39, 0.29) is 38.4 Å². The maximum Gasteiger partial charge on any atom is 0.294 e. The van der Waals surface area contributed by atoms with Gasteiger partial charge in [0.25, 0.3) is 5.91 Å². The van der Waals surface area contributed by atoms with Gasteiger partial charge in [-0.15, -0.1) is 0 Å². The Labute approximate surface area is 219 Å². The van der Waals surface area contributed by atoms with Gasteiger partial charge >= 0.3 is 0 Å². The highest BCUT2D eigenvalue weighted by molar-refractivity contribution is 6.35. The quantitative estimate of drug-likeness (QED) is 0.265. The second kappa shape index (κ2) is 9.09. The summed E-state index contributed by atoms with van der Waals surface area (Å²) in [4.78, 5) is 28.3. The lowest BCUT2D eigenvalue weighted by Gasteiger charge is -2.27. The molecule has 1 aliphatic rings. The van der Waals surface area contributed by atoms with Crippen LogP contribution in [-0.4, -0.2) is 29.0 Å². The first kappa shape index (κ1) is 24.1. The fourth-order valence-corrected chi connectivity index (χ4v) is 4.97. The van der Waals surface area contributed by atoms with E-state index in [1.807, 2.05) is 0 Å². The number of nitrogens with zero attached hydrogens (tertiary/aromatic N) is 1. The van der Waals surface area contributed by atoms with Gasteiger partial charge in [0.1, 0.15) is 5.75 Å². The number of hydrogen-bond donors (Lipinski definition) is 2. The molecule has 1 amide bonds. The molecule has 5 rings (SSSR count). The molecular formula is C26H16Cl3NO6. The van der Waals surface area contributed by atoms with Crippen LogP contribution in [0.3, 0.4) is 0 Å². The SMILES string of the molecule is COc1cc(Cl)cc2cc(C(=O)C3=C(O)C(=O)N(c4cc(Cl)cc(Cl)c4)C3c3ccc(O)cc3)oc12. The van der Waals surface area contributed by atoms with E-state index in [0.29, 0.717) is 21.7 Å². The van der Waals surface area contributed by atoms with Gasteiger partial charge < -0.3 is 19.4 Å². The van der Waals surface area contributed by atoms with Crippen LogP contribution in [0.5, 0.6) is 11.5 Å².